The maximum absolute atomic E-state index is 4.10. The van der Waals surface area contributed by atoms with Crippen LogP contribution in [0.15, 0.2) is 0 Å². The van der Waals surface area contributed by atoms with E-state index in [9.17, 15) is 0 Å². The van der Waals surface area contributed by atoms with Gasteiger partial charge in [0.25, 0.3) is 0 Å². The van der Waals surface area contributed by atoms with Crippen LogP contribution in [0.4, 0.5) is 0 Å². The predicted octanol–water partition coefficient (Wildman–Crippen LogP) is 4.91. The van der Waals surface area contributed by atoms with Gasteiger partial charge in [-0.3, -0.25) is 0 Å². The van der Waals surface area contributed by atoms with Gasteiger partial charge in [0, 0.05) is 4.32 Å². The summed E-state index contributed by atoms with van der Waals surface area (Å²) in [6, 6.07) is 0. The number of hydrogen-bond donors (Lipinski definition) is 0. The van der Waals surface area contributed by atoms with Crippen molar-refractivity contribution in [1.29, 1.82) is 0 Å². The van der Waals surface area contributed by atoms with E-state index in [1.54, 1.807) is 0 Å². The minimum atomic E-state index is 0.533. The van der Waals surface area contributed by atoms with Crippen molar-refractivity contribution in [3.63, 3.8) is 0 Å². The van der Waals surface area contributed by atoms with Crippen LogP contribution in [0.1, 0.15) is 64.7 Å². The molecule has 3 atom stereocenters. The SMILES string of the molecule is CCCC1(Br)CCC[C@@H]2CCCC[C@@H]21. The molecule has 0 aliphatic heterocycles. The second-order valence-electron chi connectivity index (χ2n) is 5.33. The molecule has 0 amide bonds. The topological polar surface area (TPSA) is 0 Å². The van der Waals surface area contributed by atoms with Crippen molar-refractivity contribution in [3.05, 3.63) is 0 Å². The smallest absolute Gasteiger partial charge is 0.0288 e. The van der Waals surface area contributed by atoms with Crippen molar-refractivity contribution in [1.82, 2.24) is 0 Å². The molecule has 2 rings (SSSR count). The molecule has 0 N–H and O–H groups in total. The molecule has 0 saturated heterocycles. The number of hydrogen-bond acceptors (Lipinski definition) is 0. The first-order valence-corrected chi connectivity index (χ1v) is 7.24. The third kappa shape index (κ3) is 2.03. The molecule has 1 unspecified atom stereocenters. The number of halogens is 1. The molecular formula is C13H23Br. The molecule has 2 aliphatic rings. The summed E-state index contributed by atoms with van der Waals surface area (Å²) in [7, 11) is 0. The van der Waals surface area contributed by atoms with Crippen molar-refractivity contribution in [3.8, 4) is 0 Å². The van der Waals surface area contributed by atoms with Gasteiger partial charge in [0.1, 0.15) is 0 Å². The third-order valence-electron chi connectivity index (χ3n) is 4.41. The molecule has 14 heavy (non-hydrogen) atoms. The van der Waals surface area contributed by atoms with Gasteiger partial charge >= 0.3 is 0 Å². The van der Waals surface area contributed by atoms with E-state index < -0.39 is 0 Å². The zero-order valence-electron chi connectivity index (χ0n) is 9.40. The quantitative estimate of drug-likeness (QED) is 0.618. The summed E-state index contributed by atoms with van der Waals surface area (Å²) in [6.07, 6.45) is 13.1. The molecule has 0 aromatic rings. The Hall–Kier alpha value is 0.480. The minimum Gasteiger partial charge on any atom is -0.0850 e. The average Bonchev–Trinajstić information content (AvgIpc) is 2.19. The van der Waals surface area contributed by atoms with Crippen LogP contribution in [0.5, 0.6) is 0 Å². The molecule has 2 fully saturated rings. The lowest BCUT2D eigenvalue weighted by Crippen LogP contribution is -2.41. The third-order valence-corrected chi connectivity index (χ3v) is 5.79. The standard InChI is InChI=1S/C13H23Br/c1-2-9-13(14)10-5-7-11-6-3-4-8-12(11)13/h11-12H,2-10H2,1H3/t11-,12-,13?/m0/s1. The van der Waals surface area contributed by atoms with Gasteiger partial charge in [0.05, 0.1) is 0 Å². The Bertz CT molecular complexity index is 184. The number of rotatable bonds is 2. The first kappa shape index (κ1) is 11.0. The largest absolute Gasteiger partial charge is 0.0850 e. The van der Waals surface area contributed by atoms with Gasteiger partial charge in [0.15, 0.2) is 0 Å². The normalized spacial score (nSPS) is 43.3. The van der Waals surface area contributed by atoms with Crippen molar-refractivity contribution >= 4 is 15.9 Å². The van der Waals surface area contributed by atoms with Crippen molar-refractivity contribution in [2.75, 3.05) is 0 Å². The fourth-order valence-electron chi connectivity index (χ4n) is 3.80. The Morgan fingerprint density at radius 3 is 2.64 bits per heavy atom. The van der Waals surface area contributed by atoms with Gasteiger partial charge in [-0.1, -0.05) is 61.4 Å². The van der Waals surface area contributed by atoms with Crippen molar-refractivity contribution in [2.45, 2.75) is 69.0 Å². The highest BCUT2D eigenvalue weighted by atomic mass is 79.9. The summed E-state index contributed by atoms with van der Waals surface area (Å²) in [4.78, 5) is 0. The molecule has 0 radical (unpaired) electrons. The lowest BCUT2D eigenvalue weighted by Gasteiger charge is -2.47. The molecule has 0 spiro atoms. The highest BCUT2D eigenvalue weighted by molar-refractivity contribution is 9.10. The minimum absolute atomic E-state index is 0.533. The summed E-state index contributed by atoms with van der Waals surface area (Å²) < 4.78 is 0.533. The first-order chi connectivity index (χ1) is 6.76. The molecule has 0 heterocycles. The number of fused-ring (bicyclic) bond motifs is 1. The molecule has 1 heteroatoms. The average molecular weight is 259 g/mol. The van der Waals surface area contributed by atoms with Gasteiger partial charge in [-0.25, -0.2) is 0 Å². The summed E-state index contributed by atoms with van der Waals surface area (Å²) in [6.45, 7) is 2.33. The van der Waals surface area contributed by atoms with Crippen LogP contribution in [0.2, 0.25) is 0 Å². The van der Waals surface area contributed by atoms with Gasteiger partial charge < -0.3 is 0 Å². The van der Waals surface area contributed by atoms with E-state index in [4.69, 9.17) is 0 Å². The first-order valence-electron chi connectivity index (χ1n) is 6.45. The van der Waals surface area contributed by atoms with E-state index in [1.807, 2.05) is 0 Å². The predicted molar refractivity (Wildman–Crippen MR) is 65.9 cm³/mol. The van der Waals surface area contributed by atoms with Crippen LogP contribution >= 0.6 is 15.9 Å². The maximum atomic E-state index is 4.10. The molecule has 2 saturated carbocycles. The molecule has 0 aromatic carbocycles. The van der Waals surface area contributed by atoms with E-state index in [1.165, 1.54) is 57.8 Å². The van der Waals surface area contributed by atoms with Crippen molar-refractivity contribution in [2.24, 2.45) is 11.8 Å². The van der Waals surface area contributed by atoms with Crippen molar-refractivity contribution < 1.29 is 0 Å². The summed E-state index contributed by atoms with van der Waals surface area (Å²) >= 11 is 4.10. The van der Waals surface area contributed by atoms with Gasteiger partial charge in [-0.2, -0.15) is 0 Å². The summed E-state index contributed by atoms with van der Waals surface area (Å²) in [5.41, 5.74) is 0. The second kappa shape index (κ2) is 4.55. The maximum Gasteiger partial charge on any atom is 0.0288 e. The van der Waals surface area contributed by atoms with Crippen LogP contribution in [-0.2, 0) is 0 Å². The lowest BCUT2D eigenvalue weighted by atomic mass is 9.64. The van der Waals surface area contributed by atoms with E-state index >= 15 is 0 Å². The van der Waals surface area contributed by atoms with Gasteiger partial charge in [-0.05, 0) is 31.1 Å². The Balaban J connectivity index is 2.07. The Kier molecular flexibility index (Phi) is 3.57. The van der Waals surface area contributed by atoms with Gasteiger partial charge in [0.2, 0.25) is 0 Å². The van der Waals surface area contributed by atoms with Crippen LogP contribution < -0.4 is 0 Å². The monoisotopic (exact) mass is 258 g/mol. The zero-order valence-corrected chi connectivity index (χ0v) is 11.0. The van der Waals surface area contributed by atoms with Crippen LogP contribution in [0.3, 0.4) is 0 Å². The molecule has 0 nitrogen and oxygen atoms in total. The second-order valence-corrected chi connectivity index (χ2v) is 6.91. The van der Waals surface area contributed by atoms with Crippen LogP contribution in [0.25, 0.3) is 0 Å². The van der Waals surface area contributed by atoms with Gasteiger partial charge in [-0.15, -0.1) is 0 Å². The van der Waals surface area contributed by atoms with E-state index in [2.05, 4.69) is 22.9 Å². The Morgan fingerprint density at radius 2 is 1.86 bits per heavy atom. The molecule has 0 aromatic heterocycles. The Labute approximate surface area is 97.0 Å². The van der Waals surface area contributed by atoms with Crippen LogP contribution in [0, 0.1) is 11.8 Å². The number of alkyl halides is 1. The molecule has 0 bridgehead atoms. The zero-order chi connectivity index (χ0) is 10.0. The molecule has 82 valence electrons. The Morgan fingerprint density at radius 1 is 1.14 bits per heavy atom. The fourth-order valence-corrected chi connectivity index (χ4v) is 5.08. The van der Waals surface area contributed by atoms with E-state index in [0.717, 1.165) is 11.8 Å². The lowest BCUT2D eigenvalue weighted by molar-refractivity contribution is 0.124. The molecule has 2 aliphatic carbocycles. The summed E-state index contributed by atoms with van der Waals surface area (Å²) in [5, 5.41) is 0. The fraction of sp³-hybridized carbons (Fsp3) is 1.00. The summed E-state index contributed by atoms with van der Waals surface area (Å²) in [5.74, 6) is 2.06. The molecular weight excluding hydrogens is 236 g/mol. The highest BCUT2D eigenvalue weighted by Crippen LogP contribution is 2.52. The van der Waals surface area contributed by atoms with E-state index in [-0.39, 0.29) is 0 Å². The highest BCUT2D eigenvalue weighted by Gasteiger charge is 2.43. The van der Waals surface area contributed by atoms with E-state index in [0.29, 0.717) is 4.32 Å². The van der Waals surface area contributed by atoms with Crippen LogP contribution in [-0.4, -0.2) is 4.32 Å².